The van der Waals surface area contributed by atoms with Crippen molar-refractivity contribution in [1.82, 2.24) is 0 Å². The number of fused-ring (bicyclic) bond motifs is 1. The maximum Gasteiger partial charge on any atom is 0.161 e. The molecule has 1 unspecified atom stereocenters. The summed E-state index contributed by atoms with van der Waals surface area (Å²) in [6, 6.07) is 13.2. The molecule has 0 bridgehead atoms. The van der Waals surface area contributed by atoms with Crippen LogP contribution in [0.1, 0.15) is 23.7 Å². The summed E-state index contributed by atoms with van der Waals surface area (Å²) in [6.07, 6.45) is 0.197. The molecule has 104 valence electrons. The van der Waals surface area contributed by atoms with E-state index in [4.69, 9.17) is 9.47 Å². The molecule has 0 spiro atoms. The molecule has 4 heteroatoms. The van der Waals surface area contributed by atoms with Crippen molar-refractivity contribution in [1.29, 1.82) is 0 Å². The Hall–Kier alpha value is -1.52. The highest BCUT2D eigenvalue weighted by molar-refractivity contribution is 9.10. The van der Waals surface area contributed by atoms with Crippen LogP contribution in [0.5, 0.6) is 11.5 Å². The fraction of sp³-hybridized carbons (Fsp3) is 0.250. The second-order valence-electron chi connectivity index (χ2n) is 4.71. The highest BCUT2D eigenvalue weighted by Crippen LogP contribution is 2.34. The molecule has 1 heterocycles. The lowest BCUT2D eigenvalue weighted by molar-refractivity contribution is 0.219. The number of benzene rings is 2. The van der Waals surface area contributed by atoms with Crippen molar-refractivity contribution in [3.8, 4) is 11.5 Å². The highest BCUT2D eigenvalue weighted by atomic mass is 79.9. The van der Waals surface area contributed by atoms with Crippen LogP contribution in [0, 0.1) is 0 Å². The van der Waals surface area contributed by atoms with Gasteiger partial charge in [0.25, 0.3) is 0 Å². The molecule has 0 fully saturated rings. The van der Waals surface area contributed by atoms with E-state index in [9.17, 15) is 5.11 Å². The van der Waals surface area contributed by atoms with Gasteiger partial charge >= 0.3 is 0 Å². The Morgan fingerprint density at radius 3 is 2.50 bits per heavy atom. The SMILES string of the molecule is OC(c1cccc(Br)c1)c1ccc2c(c1)OCCCO2. The Bertz CT molecular complexity index is 612. The first-order valence-corrected chi connectivity index (χ1v) is 7.36. The molecule has 3 nitrogen and oxygen atoms in total. The number of halogens is 1. The zero-order chi connectivity index (χ0) is 13.9. The van der Waals surface area contributed by atoms with Gasteiger partial charge in [-0.2, -0.15) is 0 Å². The first-order valence-electron chi connectivity index (χ1n) is 6.57. The molecule has 0 aliphatic carbocycles. The highest BCUT2D eigenvalue weighted by Gasteiger charge is 2.16. The number of hydrogen-bond donors (Lipinski definition) is 1. The Morgan fingerprint density at radius 1 is 0.950 bits per heavy atom. The summed E-state index contributed by atoms with van der Waals surface area (Å²) in [5, 5.41) is 10.5. The van der Waals surface area contributed by atoms with E-state index >= 15 is 0 Å². The maximum atomic E-state index is 10.5. The predicted octanol–water partition coefficient (Wildman–Crippen LogP) is 3.69. The summed E-state index contributed by atoms with van der Waals surface area (Å²) in [7, 11) is 0. The van der Waals surface area contributed by atoms with E-state index in [1.807, 2.05) is 42.5 Å². The number of rotatable bonds is 2. The fourth-order valence-corrected chi connectivity index (χ4v) is 2.64. The van der Waals surface area contributed by atoms with Crippen molar-refractivity contribution < 1.29 is 14.6 Å². The average Bonchev–Trinajstić information content (AvgIpc) is 2.71. The van der Waals surface area contributed by atoms with Crippen LogP contribution in [0.15, 0.2) is 46.9 Å². The second kappa shape index (κ2) is 5.85. The molecule has 2 aromatic carbocycles. The minimum absolute atomic E-state index is 0.642. The van der Waals surface area contributed by atoms with E-state index in [0.29, 0.717) is 19.0 Å². The van der Waals surface area contributed by atoms with E-state index < -0.39 is 6.10 Å². The molecule has 3 rings (SSSR count). The number of ether oxygens (including phenoxy) is 2. The molecule has 0 aromatic heterocycles. The Morgan fingerprint density at radius 2 is 1.70 bits per heavy atom. The standard InChI is InChI=1S/C16H15BrO3/c17-13-4-1-3-11(9-13)16(18)12-5-6-14-15(10-12)20-8-2-7-19-14/h1,3-6,9-10,16,18H,2,7-8H2. The lowest BCUT2D eigenvalue weighted by Gasteiger charge is -2.14. The van der Waals surface area contributed by atoms with Gasteiger partial charge in [0.05, 0.1) is 13.2 Å². The van der Waals surface area contributed by atoms with Crippen LogP contribution in [-0.2, 0) is 0 Å². The van der Waals surface area contributed by atoms with Gasteiger partial charge in [-0.1, -0.05) is 34.1 Å². The van der Waals surface area contributed by atoms with Crippen LogP contribution in [0.4, 0.5) is 0 Å². The zero-order valence-corrected chi connectivity index (χ0v) is 12.5. The third kappa shape index (κ3) is 2.81. The smallest absolute Gasteiger partial charge is 0.161 e. The van der Waals surface area contributed by atoms with E-state index in [0.717, 1.165) is 27.8 Å². The van der Waals surface area contributed by atoms with Gasteiger partial charge in [0.1, 0.15) is 6.10 Å². The number of aliphatic hydroxyl groups is 1. The lowest BCUT2D eigenvalue weighted by Crippen LogP contribution is -2.01. The van der Waals surface area contributed by atoms with E-state index in [2.05, 4.69) is 15.9 Å². The topological polar surface area (TPSA) is 38.7 Å². The molecule has 2 aromatic rings. The first-order chi connectivity index (χ1) is 9.74. The Labute approximate surface area is 126 Å². The third-order valence-electron chi connectivity index (χ3n) is 3.25. The fourth-order valence-electron chi connectivity index (χ4n) is 2.22. The molecule has 1 atom stereocenters. The minimum atomic E-state index is -0.676. The Kier molecular flexibility index (Phi) is 3.94. The molecule has 1 N–H and O–H groups in total. The van der Waals surface area contributed by atoms with Crippen LogP contribution in [0.2, 0.25) is 0 Å². The van der Waals surface area contributed by atoms with Gasteiger partial charge < -0.3 is 14.6 Å². The molecular formula is C16H15BrO3. The van der Waals surface area contributed by atoms with Crippen molar-refractivity contribution in [2.24, 2.45) is 0 Å². The van der Waals surface area contributed by atoms with Gasteiger partial charge in [-0.15, -0.1) is 0 Å². The summed E-state index contributed by atoms with van der Waals surface area (Å²) in [5.74, 6) is 1.45. The predicted molar refractivity (Wildman–Crippen MR) is 80.3 cm³/mol. The normalized spacial score (nSPS) is 15.5. The summed E-state index contributed by atoms with van der Waals surface area (Å²) >= 11 is 3.42. The maximum absolute atomic E-state index is 10.5. The Balaban J connectivity index is 1.92. The average molecular weight is 335 g/mol. The van der Waals surface area contributed by atoms with Crippen molar-refractivity contribution in [2.75, 3.05) is 13.2 Å². The molecule has 0 saturated carbocycles. The van der Waals surface area contributed by atoms with Gasteiger partial charge in [-0.3, -0.25) is 0 Å². The van der Waals surface area contributed by atoms with Crippen molar-refractivity contribution in [2.45, 2.75) is 12.5 Å². The quantitative estimate of drug-likeness (QED) is 0.910. The third-order valence-corrected chi connectivity index (χ3v) is 3.74. The van der Waals surface area contributed by atoms with Gasteiger partial charge in [0.2, 0.25) is 0 Å². The van der Waals surface area contributed by atoms with Crippen LogP contribution >= 0.6 is 15.9 Å². The van der Waals surface area contributed by atoms with Gasteiger partial charge in [0.15, 0.2) is 11.5 Å². The lowest BCUT2D eigenvalue weighted by atomic mass is 10.0. The zero-order valence-electron chi connectivity index (χ0n) is 10.9. The monoisotopic (exact) mass is 334 g/mol. The van der Waals surface area contributed by atoms with Crippen LogP contribution in [0.25, 0.3) is 0 Å². The van der Waals surface area contributed by atoms with Crippen molar-refractivity contribution in [3.63, 3.8) is 0 Å². The molecule has 0 saturated heterocycles. The van der Waals surface area contributed by atoms with E-state index in [-0.39, 0.29) is 0 Å². The minimum Gasteiger partial charge on any atom is -0.490 e. The van der Waals surface area contributed by atoms with Crippen LogP contribution in [0.3, 0.4) is 0 Å². The molecule has 1 aliphatic heterocycles. The van der Waals surface area contributed by atoms with E-state index in [1.165, 1.54) is 0 Å². The van der Waals surface area contributed by atoms with Crippen LogP contribution < -0.4 is 9.47 Å². The summed E-state index contributed by atoms with van der Waals surface area (Å²) < 4.78 is 12.2. The second-order valence-corrected chi connectivity index (χ2v) is 5.63. The van der Waals surface area contributed by atoms with Gasteiger partial charge in [0, 0.05) is 10.9 Å². The van der Waals surface area contributed by atoms with Crippen LogP contribution in [-0.4, -0.2) is 18.3 Å². The largest absolute Gasteiger partial charge is 0.490 e. The molecular weight excluding hydrogens is 320 g/mol. The van der Waals surface area contributed by atoms with E-state index in [1.54, 1.807) is 0 Å². The van der Waals surface area contributed by atoms with Gasteiger partial charge in [-0.05, 0) is 35.4 Å². The molecule has 0 amide bonds. The molecule has 0 radical (unpaired) electrons. The van der Waals surface area contributed by atoms with Gasteiger partial charge in [-0.25, -0.2) is 0 Å². The first kappa shape index (κ1) is 13.5. The summed E-state index contributed by atoms with van der Waals surface area (Å²) in [6.45, 7) is 1.31. The summed E-state index contributed by atoms with van der Waals surface area (Å²) in [4.78, 5) is 0. The van der Waals surface area contributed by atoms with Crippen molar-refractivity contribution >= 4 is 15.9 Å². The number of aliphatic hydroxyl groups excluding tert-OH is 1. The molecule has 1 aliphatic rings. The summed E-state index contributed by atoms with van der Waals surface area (Å²) in [5.41, 5.74) is 1.64. The number of hydrogen-bond acceptors (Lipinski definition) is 3. The molecule has 20 heavy (non-hydrogen) atoms. The van der Waals surface area contributed by atoms with Crippen molar-refractivity contribution in [3.05, 3.63) is 58.1 Å².